The second-order valence-electron chi connectivity index (χ2n) is 4.54. The highest BCUT2D eigenvalue weighted by Gasteiger charge is 2.16. The number of carbonyl (C=O) groups excluding carboxylic acids is 2. The van der Waals surface area contributed by atoms with E-state index in [2.05, 4.69) is 0 Å². The van der Waals surface area contributed by atoms with Gasteiger partial charge >= 0.3 is 11.9 Å². The molecule has 0 saturated heterocycles. The van der Waals surface area contributed by atoms with E-state index in [1.165, 1.54) is 0 Å². The third-order valence-corrected chi connectivity index (χ3v) is 2.88. The summed E-state index contributed by atoms with van der Waals surface area (Å²) in [5, 5.41) is 0. The number of benzene rings is 1. The van der Waals surface area contributed by atoms with E-state index in [4.69, 9.17) is 14.2 Å². The predicted octanol–water partition coefficient (Wildman–Crippen LogP) is 2.69. The summed E-state index contributed by atoms with van der Waals surface area (Å²) < 4.78 is 15.3. The molecule has 0 radical (unpaired) electrons. The van der Waals surface area contributed by atoms with Gasteiger partial charge in [-0.15, -0.1) is 0 Å². The second kappa shape index (κ2) is 9.00. The molecule has 0 heterocycles. The molecule has 5 heteroatoms. The zero-order valence-electron chi connectivity index (χ0n) is 12.8. The molecule has 0 aromatic heterocycles. The fourth-order valence-electron chi connectivity index (χ4n) is 1.94. The summed E-state index contributed by atoms with van der Waals surface area (Å²) in [6, 6.07) is 7.34. The molecule has 1 aromatic rings. The zero-order valence-corrected chi connectivity index (χ0v) is 12.8. The van der Waals surface area contributed by atoms with E-state index in [9.17, 15) is 9.59 Å². The van der Waals surface area contributed by atoms with Crippen molar-refractivity contribution in [1.82, 2.24) is 0 Å². The van der Waals surface area contributed by atoms with Crippen molar-refractivity contribution < 1.29 is 23.8 Å². The molecular formula is C16H22O5. The Bertz CT molecular complexity index is 469. The van der Waals surface area contributed by atoms with E-state index in [-0.39, 0.29) is 24.9 Å². The van der Waals surface area contributed by atoms with Gasteiger partial charge in [-0.2, -0.15) is 0 Å². The van der Waals surface area contributed by atoms with Crippen LogP contribution in [0.2, 0.25) is 0 Å². The molecule has 0 saturated carbocycles. The Kier molecular flexibility index (Phi) is 7.29. The minimum Gasteiger partial charge on any atom is -0.482 e. The molecule has 1 unspecified atom stereocenters. The summed E-state index contributed by atoms with van der Waals surface area (Å²) >= 11 is 0. The van der Waals surface area contributed by atoms with Gasteiger partial charge in [-0.25, -0.2) is 4.79 Å². The first-order valence-corrected chi connectivity index (χ1v) is 7.11. The number of hydrogen-bond acceptors (Lipinski definition) is 5. The Morgan fingerprint density at radius 2 is 1.67 bits per heavy atom. The molecule has 116 valence electrons. The normalized spacial score (nSPS) is 11.6. The van der Waals surface area contributed by atoms with Crippen LogP contribution in [-0.4, -0.2) is 31.8 Å². The van der Waals surface area contributed by atoms with E-state index < -0.39 is 5.97 Å². The predicted molar refractivity (Wildman–Crippen MR) is 78.2 cm³/mol. The first-order valence-electron chi connectivity index (χ1n) is 7.11. The minimum absolute atomic E-state index is 0.0533. The summed E-state index contributed by atoms with van der Waals surface area (Å²) in [5.74, 6) is -0.125. The van der Waals surface area contributed by atoms with Crippen molar-refractivity contribution in [3.05, 3.63) is 29.8 Å². The van der Waals surface area contributed by atoms with Crippen LogP contribution in [-0.2, 0) is 19.1 Å². The van der Waals surface area contributed by atoms with Gasteiger partial charge in [-0.1, -0.05) is 25.1 Å². The van der Waals surface area contributed by atoms with Crippen LogP contribution in [0.5, 0.6) is 5.75 Å². The van der Waals surface area contributed by atoms with Crippen LogP contribution < -0.4 is 4.74 Å². The molecule has 5 nitrogen and oxygen atoms in total. The maximum absolute atomic E-state index is 11.6. The van der Waals surface area contributed by atoms with Crippen molar-refractivity contribution in [2.24, 2.45) is 0 Å². The Morgan fingerprint density at radius 3 is 2.33 bits per heavy atom. The highest BCUT2D eigenvalue weighted by atomic mass is 16.6. The summed E-state index contributed by atoms with van der Waals surface area (Å²) in [4.78, 5) is 22.9. The topological polar surface area (TPSA) is 61.8 Å². The molecule has 1 aromatic carbocycles. The van der Waals surface area contributed by atoms with Gasteiger partial charge in [0, 0.05) is 0 Å². The third-order valence-electron chi connectivity index (χ3n) is 2.88. The van der Waals surface area contributed by atoms with Gasteiger partial charge in [0.1, 0.15) is 5.75 Å². The van der Waals surface area contributed by atoms with E-state index >= 15 is 0 Å². The molecule has 0 amide bonds. The van der Waals surface area contributed by atoms with Gasteiger partial charge in [0.15, 0.2) is 6.61 Å². The molecule has 0 spiro atoms. The first kappa shape index (κ1) is 17.0. The van der Waals surface area contributed by atoms with Crippen LogP contribution in [0.15, 0.2) is 24.3 Å². The van der Waals surface area contributed by atoms with Gasteiger partial charge in [0.25, 0.3) is 0 Å². The molecule has 0 N–H and O–H groups in total. The van der Waals surface area contributed by atoms with Crippen molar-refractivity contribution in [3.63, 3.8) is 0 Å². The van der Waals surface area contributed by atoms with Crippen LogP contribution in [0.25, 0.3) is 0 Å². The lowest BCUT2D eigenvalue weighted by Crippen LogP contribution is -2.16. The molecule has 21 heavy (non-hydrogen) atoms. The van der Waals surface area contributed by atoms with Crippen molar-refractivity contribution in [1.29, 1.82) is 0 Å². The van der Waals surface area contributed by atoms with Gasteiger partial charge in [-0.3, -0.25) is 4.79 Å². The monoisotopic (exact) mass is 294 g/mol. The van der Waals surface area contributed by atoms with Crippen LogP contribution in [0.1, 0.15) is 38.7 Å². The maximum Gasteiger partial charge on any atom is 0.344 e. The number of hydrogen-bond donors (Lipinski definition) is 0. The quantitative estimate of drug-likeness (QED) is 0.690. The third kappa shape index (κ3) is 5.85. The van der Waals surface area contributed by atoms with E-state index in [0.29, 0.717) is 19.0 Å². The highest BCUT2D eigenvalue weighted by Crippen LogP contribution is 2.28. The molecular weight excluding hydrogens is 272 g/mol. The molecule has 0 aliphatic rings. The number of ether oxygens (including phenoxy) is 3. The van der Waals surface area contributed by atoms with Gasteiger partial charge < -0.3 is 14.2 Å². The van der Waals surface area contributed by atoms with Gasteiger partial charge in [0.05, 0.1) is 19.6 Å². The highest BCUT2D eigenvalue weighted by molar-refractivity contribution is 5.71. The molecule has 0 fully saturated rings. The molecule has 0 aliphatic carbocycles. The van der Waals surface area contributed by atoms with Gasteiger partial charge in [0.2, 0.25) is 0 Å². The Morgan fingerprint density at radius 1 is 1.05 bits per heavy atom. The van der Waals surface area contributed by atoms with Crippen molar-refractivity contribution in [2.75, 3.05) is 19.8 Å². The molecule has 1 rings (SSSR count). The number of carbonyl (C=O) groups is 2. The van der Waals surface area contributed by atoms with Crippen LogP contribution in [0, 0.1) is 0 Å². The second-order valence-corrected chi connectivity index (χ2v) is 4.54. The lowest BCUT2D eigenvalue weighted by atomic mass is 9.97. The average molecular weight is 294 g/mol. The lowest BCUT2D eigenvalue weighted by Gasteiger charge is -2.16. The summed E-state index contributed by atoms with van der Waals surface area (Å²) in [5.41, 5.74) is 0.870. The van der Waals surface area contributed by atoms with Gasteiger partial charge in [-0.05, 0) is 31.4 Å². The van der Waals surface area contributed by atoms with Crippen LogP contribution in [0.4, 0.5) is 0 Å². The van der Waals surface area contributed by atoms with Crippen molar-refractivity contribution >= 4 is 11.9 Å². The SMILES string of the molecule is CCOC(=O)COc1ccccc1C(C)CC(=O)OCC. The van der Waals surface area contributed by atoms with Crippen molar-refractivity contribution in [2.45, 2.75) is 33.1 Å². The number of para-hydroxylation sites is 1. The Labute approximate surface area is 125 Å². The summed E-state index contributed by atoms with van der Waals surface area (Å²) in [7, 11) is 0. The molecule has 1 atom stereocenters. The van der Waals surface area contributed by atoms with Crippen molar-refractivity contribution in [3.8, 4) is 5.75 Å². The summed E-state index contributed by atoms with van der Waals surface area (Å²) in [6.07, 6.45) is 0.271. The van der Waals surface area contributed by atoms with Crippen LogP contribution >= 0.6 is 0 Å². The lowest BCUT2D eigenvalue weighted by molar-refractivity contribution is -0.146. The first-order chi connectivity index (χ1) is 10.1. The molecule has 0 bridgehead atoms. The minimum atomic E-state index is -0.412. The van der Waals surface area contributed by atoms with E-state index in [1.807, 2.05) is 25.1 Å². The standard InChI is InChI=1S/C16H22O5/c1-4-19-15(17)10-12(3)13-8-6-7-9-14(13)21-11-16(18)20-5-2/h6-9,12H,4-5,10-11H2,1-3H3. The number of esters is 2. The fourth-order valence-corrected chi connectivity index (χ4v) is 1.94. The van der Waals surface area contributed by atoms with Crippen LogP contribution in [0.3, 0.4) is 0 Å². The zero-order chi connectivity index (χ0) is 15.7. The Hall–Kier alpha value is -2.04. The maximum atomic E-state index is 11.6. The smallest absolute Gasteiger partial charge is 0.344 e. The molecule has 0 aliphatic heterocycles. The fraction of sp³-hybridized carbons (Fsp3) is 0.500. The Balaban J connectivity index is 2.69. The summed E-state index contributed by atoms with van der Waals surface area (Å²) in [6.45, 7) is 5.99. The van der Waals surface area contributed by atoms with E-state index in [1.54, 1.807) is 19.9 Å². The number of rotatable bonds is 8. The average Bonchev–Trinajstić information content (AvgIpc) is 2.46. The van der Waals surface area contributed by atoms with E-state index in [0.717, 1.165) is 5.56 Å². The largest absolute Gasteiger partial charge is 0.482 e.